The van der Waals surface area contributed by atoms with Crippen LogP contribution in [0.3, 0.4) is 0 Å². The summed E-state index contributed by atoms with van der Waals surface area (Å²) in [6.07, 6.45) is 1.17. The molecule has 1 fully saturated rings. The van der Waals surface area contributed by atoms with Crippen molar-refractivity contribution in [2.75, 3.05) is 20.3 Å². The Bertz CT molecular complexity index is 292. The zero-order chi connectivity index (χ0) is 9.80. The number of hydrogen-bond acceptors (Lipinski definition) is 2. The topological polar surface area (TPSA) is 21.3 Å². The van der Waals surface area contributed by atoms with E-state index in [1.165, 1.54) is 17.5 Å². The summed E-state index contributed by atoms with van der Waals surface area (Å²) in [5.41, 5.74) is 2.87. The molecule has 0 saturated carbocycles. The van der Waals surface area contributed by atoms with Gasteiger partial charge in [-0.15, -0.1) is 0 Å². The molecule has 0 amide bonds. The van der Waals surface area contributed by atoms with Crippen LogP contribution in [0.2, 0.25) is 0 Å². The zero-order valence-electron chi connectivity index (χ0n) is 8.62. The highest BCUT2D eigenvalue weighted by molar-refractivity contribution is 5.30. The molecular weight excluding hydrogens is 174 g/mol. The highest BCUT2D eigenvalue weighted by Gasteiger charge is 2.19. The highest BCUT2D eigenvalue weighted by Crippen LogP contribution is 2.27. The fraction of sp³-hybridized carbons (Fsp3) is 0.500. The molecule has 2 rings (SSSR count). The Balaban J connectivity index is 2.21. The Morgan fingerprint density at radius 1 is 1.43 bits per heavy atom. The van der Waals surface area contributed by atoms with Crippen molar-refractivity contribution < 1.29 is 4.74 Å². The highest BCUT2D eigenvalue weighted by atomic mass is 16.5. The summed E-state index contributed by atoms with van der Waals surface area (Å²) in [6, 6.07) is 8.65. The molecule has 1 N–H and O–H groups in total. The third kappa shape index (κ3) is 1.97. The van der Waals surface area contributed by atoms with E-state index in [1.54, 1.807) is 0 Å². The van der Waals surface area contributed by atoms with E-state index in [0.29, 0.717) is 5.92 Å². The number of benzene rings is 1. The van der Waals surface area contributed by atoms with Gasteiger partial charge in [0.05, 0.1) is 6.61 Å². The molecule has 0 aliphatic carbocycles. The van der Waals surface area contributed by atoms with Crippen LogP contribution in [-0.4, -0.2) is 20.3 Å². The summed E-state index contributed by atoms with van der Waals surface area (Å²) in [5.74, 6) is 0.611. The molecule has 1 unspecified atom stereocenters. The quantitative estimate of drug-likeness (QED) is 0.788. The minimum Gasteiger partial charge on any atom is -0.381 e. The molecule has 1 saturated heterocycles. The van der Waals surface area contributed by atoms with Gasteiger partial charge in [0.2, 0.25) is 0 Å². The van der Waals surface area contributed by atoms with Gasteiger partial charge in [0, 0.05) is 19.1 Å². The molecule has 1 aliphatic heterocycles. The molecule has 1 atom stereocenters. The number of ether oxygens (including phenoxy) is 1. The molecule has 1 aromatic rings. The van der Waals surface area contributed by atoms with E-state index in [-0.39, 0.29) is 0 Å². The van der Waals surface area contributed by atoms with E-state index in [9.17, 15) is 0 Å². The van der Waals surface area contributed by atoms with Gasteiger partial charge in [-0.3, -0.25) is 0 Å². The van der Waals surface area contributed by atoms with E-state index >= 15 is 0 Å². The van der Waals surface area contributed by atoms with Gasteiger partial charge in [-0.1, -0.05) is 24.3 Å². The Kier molecular flexibility index (Phi) is 3.17. The lowest BCUT2D eigenvalue weighted by Crippen LogP contribution is -2.10. The summed E-state index contributed by atoms with van der Waals surface area (Å²) in [6.45, 7) is 2.76. The monoisotopic (exact) mass is 191 g/mol. The van der Waals surface area contributed by atoms with Crippen LogP contribution in [0.15, 0.2) is 24.3 Å². The largest absolute Gasteiger partial charge is 0.381 e. The van der Waals surface area contributed by atoms with Crippen LogP contribution in [0, 0.1) is 0 Å². The van der Waals surface area contributed by atoms with Crippen LogP contribution in [0.4, 0.5) is 0 Å². The third-order valence-corrected chi connectivity index (χ3v) is 2.79. The van der Waals surface area contributed by atoms with Crippen LogP contribution in [0.5, 0.6) is 0 Å². The fourth-order valence-corrected chi connectivity index (χ4v) is 2.06. The summed E-state index contributed by atoms with van der Waals surface area (Å²) in [4.78, 5) is 0. The Hall–Kier alpha value is -0.860. The average molecular weight is 191 g/mol. The van der Waals surface area contributed by atoms with E-state index < -0.39 is 0 Å². The zero-order valence-corrected chi connectivity index (χ0v) is 8.62. The molecule has 1 aromatic carbocycles. The van der Waals surface area contributed by atoms with Crippen molar-refractivity contribution in [3.05, 3.63) is 35.4 Å². The van der Waals surface area contributed by atoms with Crippen molar-refractivity contribution in [3.8, 4) is 0 Å². The molecule has 2 nitrogen and oxygen atoms in total. The maximum atomic E-state index is 5.42. The van der Waals surface area contributed by atoms with E-state index in [1.807, 2.05) is 7.05 Å². The second-order valence-electron chi connectivity index (χ2n) is 3.79. The van der Waals surface area contributed by atoms with Crippen molar-refractivity contribution in [1.29, 1.82) is 0 Å². The first-order valence-electron chi connectivity index (χ1n) is 5.22. The van der Waals surface area contributed by atoms with Gasteiger partial charge in [0.15, 0.2) is 0 Å². The van der Waals surface area contributed by atoms with Crippen LogP contribution in [-0.2, 0) is 11.3 Å². The molecular formula is C12H17NO. The molecule has 0 spiro atoms. The first kappa shape index (κ1) is 9.69. The molecule has 1 heterocycles. The number of hydrogen-bond donors (Lipinski definition) is 1. The second-order valence-corrected chi connectivity index (χ2v) is 3.79. The molecule has 0 radical (unpaired) electrons. The predicted molar refractivity (Wildman–Crippen MR) is 57.4 cm³/mol. The molecule has 2 heteroatoms. The summed E-state index contributed by atoms with van der Waals surface area (Å²) in [7, 11) is 1.99. The first-order valence-corrected chi connectivity index (χ1v) is 5.22. The van der Waals surface area contributed by atoms with E-state index in [4.69, 9.17) is 4.74 Å². The normalized spacial score (nSPS) is 21.4. The predicted octanol–water partition coefficient (Wildman–Crippen LogP) is 1.91. The summed E-state index contributed by atoms with van der Waals surface area (Å²) >= 11 is 0. The Morgan fingerprint density at radius 2 is 2.29 bits per heavy atom. The SMILES string of the molecule is CNCc1ccccc1C1CCOC1. The minimum atomic E-state index is 0.611. The standard InChI is InChI=1S/C12H17NO/c1-13-8-10-4-2-3-5-12(10)11-6-7-14-9-11/h2-5,11,13H,6-9H2,1H3. The van der Waals surface area contributed by atoms with Crippen molar-refractivity contribution in [2.45, 2.75) is 18.9 Å². The summed E-state index contributed by atoms with van der Waals surface area (Å²) in [5, 5.41) is 3.21. The lowest BCUT2D eigenvalue weighted by molar-refractivity contribution is 0.194. The van der Waals surface area contributed by atoms with Gasteiger partial charge >= 0.3 is 0 Å². The van der Waals surface area contributed by atoms with E-state index in [2.05, 4.69) is 29.6 Å². The van der Waals surface area contributed by atoms with Crippen LogP contribution in [0.25, 0.3) is 0 Å². The summed E-state index contributed by atoms with van der Waals surface area (Å²) < 4.78 is 5.42. The Morgan fingerprint density at radius 3 is 3.00 bits per heavy atom. The van der Waals surface area contributed by atoms with Crippen LogP contribution < -0.4 is 5.32 Å². The lowest BCUT2D eigenvalue weighted by atomic mass is 9.93. The second kappa shape index (κ2) is 4.58. The van der Waals surface area contributed by atoms with Crippen molar-refractivity contribution >= 4 is 0 Å². The van der Waals surface area contributed by atoms with Crippen molar-refractivity contribution in [2.24, 2.45) is 0 Å². The smallest absolute Gasteiger partial charge is 0.0535 e. The van der Waals surface area contributed by atoms with Gasteiger partial charge < -0.3 is 10.1 Å². The lowest BCUT2D eigenvalue weighted by Gasteiger charge is -2.13. The molecule has 1 aliphatic rings. The van der Waals surface area contributed by atoms with Gasteiger partial charge in [-0.25, -0.2) is 0 Å². The van der Waals surface area contributed by atoms with Gasteiger partial charge in [-0.2, -0.15) is 0 Å². The molecule has 76 valence electrons. The fourth-order valence-electron chi connectivity index (χ4n) is 2.06. The van der Waals surface area contributed by atoms with Crippen molar-refractivity contribution in [3.63, 3.8) is 0 Å². The van der Waals surface area contributed by atoms with Crippen molar-refractivity contribution in [1.82, 2.24) is 5.32 Å². The van der Waals surface area contributed by atoms with Crippen LogP contribution >= 0.6 is 0 Å². The van der Waals surface area contributed by atoms with E-state index in [0.717, 1.165) is 19.8 Å². The average Bonchev–Trinajstić information content (AvgIpc) is 2.72. The first-order chi connectivity index (χ1) is 6.92. The van der Waals surface area contributed by atoms with Gasteiger partial charge in [0.25, 0.3) is 0 Å². The Labute approximate surface area is 85.3 Å². The third-order valence-electron chi connectivity index (χ3n) is 2.79. The van der Waals surface area contributed by atoms with Gasteiger partial charge in [0.1, 0.15) is 0 Å². The molecule has 14 heavy (non-hydrogen) atoms. The maximum absolute atomic E-state index is 5.42. The maximum Gasteiger partial charge on any atom is 0.0535 e. The number of rotatable bonds is 3. The minimum absolute atomic E-state index is 0.611. The van der Waals surface area contributed by atoms with Crippen LogP contribution in [0.1, 0.15) is 23.5 Å². The number of nitrogens with one attached hydrogen (secondary N) is 1. The van der Waals surface area contributed by atoms with Gasteiger partial charge in [-0.05, 0) is 24.6 Å². The molecule has 0 aromatic heterocycles. The molecule has 0 bridgehead atoms.